The summed E-state index contributed by atoms with van der Waals surface area (Å²) in [4.78, 5) is 0. The first-order chi connectivity index (χ1) is 10.7. The molecule has 2 nitrogen and oxygen atoms in total. The third-order valence-electron chi connectivity index (χ3n) is 4.06. The Balaban J connectivity index is 1.95. The van der Waals surface area contributed by atoms with Crippen LogP contribution in [0.15, 0.2) is 33.9 Å². The van der Waals surface area contributed by atoms with Gasteiger partial charge in [-0.2, -0.15) is 5.26 Å². The largest absolute Gasteiger partial charge is 0.253 e. The zero-order valence-electron chi connectivity index (χ0n) is 12.0. The lowest BCUT2D eigenvalue weighted by atomic mass is 10.0. The highest BCUT2D eigenvalue weighted by atomic mass is 35.5. The van der Waals surface area contributed by atoms with E-state index >= 15 is 0 Å². The van der Waals surface area contributed by atoms with Crippen molar-refractivity contribution in [2.75, 3.05) is 0 Å². The molecule has 0 aliphatic heterocycles. The standard InChI is InChI=1S/C17H16ClNOS2/c18-13-8-6-12(7-9-13)16-11-21-17(15(16)10-19)22(20)14-4-2-1-3-5-14/h6-9,11,14H,1-5H2. The number of thiophene rings is 1. The molecule has 1 aliphatic carbocycles. The topological polar surface area (TPSA) is 40.9 Å². The highest BCUT2D eigenvalue weighted by Crippen LogP contribution is 2.36. The number of nitriles is 1. The van der Waals surface area contributed by atoms with Gasteiger partial charge in [0.15, 0.2) is 0 Å². The molecule has 3 rings (SSSR count). The van der Waals surface area contributed by atoms with E-state index in [9.17, 15) is 9.47 Å². The van der Waals surface area contributed by atoms with Gasteiger partial charge >= 0.3 is 0 Å². The molecular weight excluding hydrogens is 334 g/mol. The van der Waals surface area contributed by atoms with Crippen LogP contribution in [0.3, 0.4) is 0 Å². The van der Waals surface area contributed by atoms with Crippen LogP contribution in [-0.2, 0) is 10.8 Å². The number of hydrogen-bond acceptors (Lipinski definition) is 3. The first-order valence-electron chi connectivity index (χ1n) is 7.39. The Kier molecular flexibility index (Phi) is 4.97. The molecule has 0 bridgehead atoms. The van der Waals surface area contributed by atoms with Gasteiger partial charge in [0.05, 0.1) is 16.4 Å². The predicted molar refractivity (Wildman–Crippen MR) is 92.8 cm³/mol. The van der Waals surface area contributed by atoms with E-state index in [2.05, 4.69) is 6.07 Å². The highest BCUT2D eigenvalue weighted by molar-refractivity contribution is 7.88. The first kappa shape index (κ1) is 15.7. The van der Waals surface area contributed by atoms with Gasteiger partial charge in [-0.15, -0.1) is 11.3 Å². The minimum atomic E-state index is -1.07. The van der Waals surface area contributed by atoms with E-state index in [1.54, 1.807) is 0 Å². The van der Waals surface area contributed by atoms with E-state index in [1.807, 2.05) is 29.6 Å². The van der Waals surface area contributed by atoms with Crippen LogP contribution in [0.25, 0.3) is 11.1 Å². The number of halogens is 1. The molecule has 1 unspecified atom stereocenters. The Morgan fingerprint density at radius 1 is 1.18 bits per heavy atom. The van der Waals surface area contributed by atoms with Crippen LogP contribution >= 0.6 is 22.9 Å². The van der Waals surface area contributed by atoms with Crippen molar-refractivity contribution in [2.45, 2.75) is 41.6 Å². The molecule has 1 saturated carbocycles. The molecule has 0 saturated heterocycles. The van der Waals surface area contributed by atoms with Crippen LogP contribution in [0, 0.1) is 11.3 Å². The van der Waals surface area contributed by atoms with Crippen molar-refractivity contribution in [1.29, 1.82) is 5.26 Å². The van der Waals surface area contributed by atoms with E-state index in [0.717, 1.165) is 41.0 Å². The van der Waals surface area contributed by atoms with Crippen LogP contribution < -0.4 is 0 Å². The van der Waals surface area contributed by atoms with Crippen molar-refractivity contribution in [1.82, 2.24) is 0 Å². The smallest absolute Gasteiger partial charge is 0.110 e. The average Bonchev–Trinajstić information content (AvgIpc) is 2.99. The van der Waals surface area contributed by atoms with Crippen LogP contribution in [-0.4, -0.2) is 9.46 Å². The van der Waals surface area contributed by atoms with Crippen molar-refractivity contribution < 1.29 is 4.21 Å². The molecule has 0 radical (unpaired) electrons. The van der Waals surface area contributed by atoms with Gasteiger partial charge in [-0.05, 0) is 30.5 Å². The van der Waals surface area contributed by atoms with Crippen molar-refractivity contribution in [2.24, 2.45) is 0 Å². The summed E-state index contributed by atoms with van der Waals surface area (Å²) < 4.78 is 13.6. The third-order valence-corrected chi connectivity index (χ3v) is 7.51. The fourth-order valence-electron chi connectivity index (χ4n) is 2.87. The molecule has 0 spiro atoms. The normalized spacial score (nSPS) is 17.1. The molecule has 1 atom stereocenters. The van der Waals surface area contributed by atoms with E-state index in [4.69, 9.17) is 11.6 Å². The second kappa shape index (κ2) is 6.95. The Morgan fingerprint density at radius 3 is 2.50 bits per heavy atom. The molecule has 1 aromatic carbocycles. The van der Waals surface area contributed by atoms with Gasteiger partial charge < -0.3 is 0 Å². The molecule has 1 aromatic heterocycles. The van der Waals surface area contributed by atoms with E-state index < -0.39 is 10.8 Å². The number of nitrogens with zero attached hydrogens (tertiary/aromatic N) is 1. The minimum Gasteiger partial charge on any atom is -0.253 e. The maximum atomic E-state index is 12.8. The minimum absolute atomic E-state index is 0.206. The first-order valence-corrected chi connectivity index (χ1v) is 9.86. The summed E-state index contributed by atoms with van der Waals surface area (Å²) in [5.74, 6) is 0. The summed E-state index contributed by atoms with van der Waals surface area (Å²) in [5, 5.41) is 12.4. The average molecular weight is 350 g/mol. The molecule has 2 aromatic rings. The second-order valence-corrected chi connectivity index (χ2v) is 8.73. The van der Waals surface area contributed by atoms with Crippen molar-refractivity contribution in [3.05, 3.63) is 40.2 Å². The Morgan fingerprint density at radius 2 is 1.86 bits per heavy atom. The van der Waals surface area contributed by atoms with Gasteiger partial charge in [0, 0.05) is 21.2 Å². The summed E-state index contributed by atoms with van der Waals surface area (Å²) in [6, 6.07) is 9.69. The number of hydrogen-bond donors (Lipinski definition) is 0. The summed E-state index contributed by atoms with van der Waals surface area (Å²) in [5.41, 5.74) is 2.38. The van der Waals surface area contributed by atoms with Gasteiger partial charge in [-0.1, -0.05) is 43.0 Å². The molecule has 0 N–H and O–H groups in total. The second-order valence-electron chi connectivity index (χ2n) is 5.49. The predicted octanol–water partition coefficient (Wildman–Crippen LogP) is 5.38. The fraction of sp³-hybridized carbons (Fsp3) is 0.353. The zero-order valence-corrected chi connectivity index (χ0v) is 14.4. The van der Waals surface area contributed by atoms with Crippen LogP contribution in [0.4, 0.5) is 0 Å². The van der Waals surface area contributed by atoms with Crippen molar-refractivity contribution in [3.63, 3.8) is 0 Å². The summed E-state index contributed by atoms with van der Waals surface area (Å²) in [7, 11) is -1.07. The maximum Gasteiger partial charge on any atom is 0.110 e. The fourth-order valence-corrected chi connectivity index (χ4v) is 6.10. The molecule has 114 valence electrons. The zero-order chi connectivity index (χ0) is 15.5. The van der Waals surface area contributed by atoms with Crippen LogP contribution in [0.2, 0.25) is 5.02 Å². The molecule has 0 amide bonds. The summed E-state index contributed by atoms with van der Waals surface area (Å²) >= 11 is 7.36. The molecule has 1 fully saturated rings. The van der Waals surface area contributed by atoms with Gasteiger partial charge in [0.1, 0.15) is 10.3 Å². The maximum absolute atomic E-state index is 12.8. The molecule has 5 heteroatoms. The third kappa shape index (κ3) is 3.12. The van der Waals surface area contributed by atoms with Gasteiger partial charge in [0.25, 0.3) is 0 Å². The molecule has 22 heavy (non-hydrogen) atoms. The quantitative estimate of drug-likeness (QED) is 0.746. The lowest BCUT2D eigenvalue weighted by Gasteiger charge is -2.20. The number of benzene rings is 1. The molecule has 1 heterocycles. The van der Waals surface area contributed by atoms with Crippen molar-refractivity contribution in [3.8, 4) is 17.2 Å². The summed E-state index contributed by atoms with van der Waals surface area (Å²) in [6.45, 7) is 0. The van der Waals surface area contributed by atoms with E-state index in [0.29, 0.717) is 10.6 Å². The Bertz CT molecular complexity index is 724. The number of rotatable bonds is 3. The molecular formula is C17H16ClNOS2. The highest BCUT2D eigenvalue weighted by Gasteiger charge is 2.26. The van der Waals surface area contributed by atoms with Crippen molar-refractivity contribution >= 4 is 33.7 Å². The van der Waals surface area contributed by atoms with Crippen LogP contribution in [0.1, 0.15) is 37.7 Å². The van der Waals surface area contributed by atoms with E-state index in [1.165, 1.54) is 17.8 Å². The molecule has 1 aliphatic rings. The lowest BCUT2D eigenvalue weighted by molar-refractivity contribution is 0.505. The SMILES string of the molecule is N#Cc1c(-c2ccc(Cl)cc2)csc1S(=O)C1CCCCC1. The van der Waals surface area contributed by atoms with Gasteiger partial charge in [-0.3, -0.25) is 4.21 Å². The monoisotopic (exact) mass is 349 g/mol. The summed E-state index contributed by atoms with van der Waals surface area (Å²) in [6.07, 6.45) is 5.54. The van der Waals surface area contributed by atoms with Gasteiger partial charge in [-0.25, -0.2) is 0 Å². The Labute approximate surface area is 142 Å². The van der Waals surface area contributed by atoms with Gasteiger partial charge in [0.2, 0.25) is 0 Å². The van der Waals surface area contributed by atoms with Crippen LogP contribution in [0.5, 0.6) is 0 Å². The van der Waals surface area contributed by atoms with E-state index in [-0.39, 0.29) is 5.25 Å². The Hall–Kier alpha value is -1.15. The lowest BCUT2D eigenvalue weighted by Crippen LogP contribution is -2.18.